The van der Waals surface area contributed by atoms with Gasteiger partial charge in [-0.25, -0.2) is 9.37 Å². The molecule has 0 aliphatic carbocycles. The molecule has 59 heavy (non-hydrogen) atoms. The Balaban J connectivity index is 0.909. The second-order valence-electron chi connectivity index (χ2n) is 16.6. The highest BCUT2D eigenvalue weighted by Gasteiger charge is 2.41. The molecule has 1 atom stereocenters. The molecule has 3 aliphatic heterocycles. The second kappa shape index (κ2) is 20.4. The van der Waals surface area contributed by atoms with Crippen LogP contribution in [0.5, 0.6) is 11.5 Å². The number of aromatic hydroxyl groups is 1. The Hall–Kier alpha value is -4.15. The quantitative estimate of drug-likeness (QED) is 0.109. The van der Waals surface area contributed by atoms with Crippen molar-refractivity contribution in [2.45, 2.75) is 90.8 Å². The van der Waals surface area contributed by atoms with Crippen molar-refractivity contribution >= 4 is 34.7 Å². The third-order valence-corrected chi connectivity index (χ3v) is 12.9. The van der Waals surface area contributed by atoms with Crippen molar-refractivity contribution < 1.29 is 38.1 Å². The molecule has 15 heteroatoms. The standard InChI is InChI=1S/C44H61FN6O7S/c1-29(2)31(5)51(20-17-46-16-11-33-9-10-36(52)40-41(33)57-26-37(53)48-40)38(54)13-23-56-22-12-32-7-6-8-34(39(32)45)25-49-18-14-44(15-19-49)28-50(21-24-58-44)43(55)35-27-59-42(47-35)30(3)4/h6-10,27,29-31,46,52H,11-26,28H2,1-5H3,(H,48,53). The summed E-state index contributed by atoms with van der Waals surface area (Å²) >= 11 is 1.53. The van der Waals surface area contributed by atoms with Crippen LogP contribution in [0.15, 0.2) is 35.7 Å². The highest BCUT2D eigenvalue weighted by atomic mass is 32.1. The first kappa shape index (κ1) is 44.4. The van der Waals surface area contributed by atoms with Gasteiger partial charge in [-0.3, -0.25) is 19.3 Å². The Morgan fingerprint density at radius 1 is 1.05 bits per heavy atom. The van der Waals surface area contributed by atoms with Crippen LogP contribution in [0.4, 0.5) is 10.1 Å². The van der Waals surface area contributed by atoms with Gasteiger partial charge < -0.3 is 39.8 Å². The fourth-order valence-electron chi connectivity index (χ4n) is 7.90. The number of hydrogen-bond acceptors (Lipinski definition) is 11. The maximum absolute atomic E-state index is 15.8. The lowest BCUT2D eigenvalue weighted by molar-refractivity contribution is -0.135. The van der Waals surface area contributed by atoms with Gasteiger partial charge in [0.25, 0.3) is 11.8 Å². The number of likely N-dealkylation sites (tertiary alicyclic amines) is 1. The van der Waals surface area contributed by atoms with Gasteiger partial charge in [-0.1, -0.05) is 52.0 Å². The number of nitrogens with one attached hydrogen (secondary N) is 2. The number of phenols is 1. The zero-order valence-corrected chi connectivity index (χ0v) is 36.0. The molecule has 3 aliphatic rings. The number of anilines is 1. The van der Waals surface area contributed by atoms with E-state index in [0.29, 0.717) is 93.6 Å². The van der Waals surface area contributed by atoms with Crippen molar-refractivity contribution in [1.82, 2.24) is 25.0 Å². The number of halogens is 1. The molecular formula is C44H61FN6O7S. The smallest absolute Gasteiger partial charge is 0.273 e. The lowest BCUT2D eigenvalue weighted by atomic mass is 9.89. The van der Waals surface area contributed by atoms with E-state index >= 15 is 4.39 Å². The van der Waals surface area contributed by atoms with Crippen molar-refractivity contribution in [3.05, 3.63) is 68.9 Å². The summed E-state index contributed by atoms with van der Waals surface area (Å²) in [7, 11) is 0. The topological polar surface area (TPSA) is 146 Å². The minimum absolute atomic E-state index is 0.0128. The van der Waals surface area contributed by atoms with Gasteiger partial charge in [0, 0.05) is 62.2 Å². The van der Waals surface area contributed by atoms with Crippen LogP contribution in [0.1, 0.15) is 92.0 Å². The van der Waals surface area contributed by atoms with Crippen molar-refractivity contribution in [2.75, 3.05) is 77.6 Å². The number of carbonyl (C=O) groups is 3. The van der Waals surface area contributed by atoms with Crippen LogP contribution in [0, 0.1) is 11.7 Å². The van der Waals surface area contributed by atoms with Gasteiger partial charge in [-0.2, -0.15) is 0 Å². The van der Waals surface area contributed by atoms with E-state index in [4.69, 9.17) is 14.2 Å². The van der Waals surface area contributed by atoms with Gasteiger partial charge in [-0.05, 0) is 62.3 Å². The maximum atomic E-state index is 15.8. The summed E-state index contributed by atoms with van der Waals surface area (Å²) in [5, 5.41) is 19.0. The fraction of sp³-hybridized carbons (Fsp3) is 0.591. The van der Waals surface area contributed by atoms with Crippen LogP contribution < -0.4 is 15.4 Å². The van der Waals surface area contributed by atoms with Gasteiger partial charge in [0.2, 0.25) is 5.91 Å². The van der Waals surface area contributed by atoms with E-state index in [1.807, 2.05) is 27.3 Å². The maximum Gasteiger partial charge on any atom is 0.273 e. The molecule has 2 fully saturated rings. The Morgan fingerprint density at radius 3 is 2.58 bits per heavy atom. The molecule has 6 rings (SSSR count). The SMILES string of the molecule is CC(C)c1nc(C(=O)N2CCOC3(CCN(Cc4cccc(CCOCCC(=O)N(CCNCCc5ccc(O)c6c5OCC(=O)N6)C(C)C(C)C)c4F)CC3)C2)cs1. The Labute approximate surface area is 351 Å². The van der Waals surface area contributed by atoms with Crippen molar-refractivity contribution in [3.63, 3.8) is 0 Å². The number of rotatable bonds is 18. The number of fused-ring (bicyclic) bond motifs is 1. The van der Waals surface area contributed by atoms with Crippen LogP contribution >= 0.6 is 11.3 Å². The molecule has 13 nitrogen and oxygen atoms in total. The molecule has 4 heterocycles. The fourth-order valence-corrected chi connectivity index (χ4v) is 8.71. The zero-order valence-electron chi connectivity index (χ0n) is 35.2. The Morgan fingerprint density at radius 2 is 1.83 bits per heavy atom. The van der Waals surface area contributed by atoms with Crippen LogP contribution in [0.3, 0.4) is 0 Å². The Bertz CT molecular complexity index is 1920. The predicted octanol–water partition coefficient (Wildman–Crippen LogP) is 5.60. The molecule has 322 valence electrons. The number of piperidine rings is 1. The van der Waals surface area contributed by atoms with E-state index in [1.165, 1.54) is 11.3 Å². The van der Waals surface area contributed by atoms with Crippen LogP contribution in [-0.4, -0.2) is 126 Å². The molecule has 3 amide bonds. The highest BCUT2D eigenvalue weighted by Crippen LogP contribution is 2.39. The van der Waals surface area contributed by atoms with Gasteiger partial charge in [0.05, 0.1) is 43.4 Å². The monoisotopic (exact) mass is 836 g/mol. The Kier molecular flexibility index (Phi) is 15.4. The molecule has 0 radical (unpaired) electrons. The van der Waals surface area contributed by atoms with Gasteiger partial charge in [0.15, 0.2) is 12.4 Å². The van der Waals surface area contributed by atoms with Crippen molar-refractivity contribution in [3.8, 4) is 11.5 Å². The molecule has 3 aromatic rings. The average molecular weight is 837 g/mol. The lowest BCUT2D eigenvalue weighted by Crippen LogP contribution is -2.58. The first-order valence-corrected chi connectivity index (χ1v) is 21.9. The third-order valence-electron chi connectivity index (χ3n) is 11.8. The molecule has 1 spiro atoms. The molecular weight excluding hydrogens is 776 g/mol. The first-order chi connectivity index (χ1) is 28.3. The normalized spacial score (nSPS) is 17.2. The summed E-state index contributed by atoms with van der Waals surface area (Å²) in [5.74, 6) is 0.481. The van der Waals surface area contributed by atoms with Crippen LogP contribution in [0.2, 0.25) is 0 Å². The largest absolute Gasteiger partial charge is 0.506 e. The molecule has 1 unspecified atom stereocenters. The van der Waals surface area contributed by atoms with E-state index in [2.05, 4.69) is 55.1 Å². The summed E-state index contributed by atoms with van der Waals surface area (Å²) in [6, 6.07) is 8.91. The van der Waals surface area contributed by atoms with E-state index in [9.17, 15) is 19.5 Å². The minimum Gasteiger partial charge on any atom is -0.506 e. The first-order valence-electron chi connectivity index (χ1n) is 21.1. The summed E-state index contributed by atoms with van der Waals surface area (Å²) in [5.41, 5.74) is 2.54. The van der Waals surface area contributed by atoms with Crippen LogP contribution in [0.25, 0.3) is 0 Å². The van der Waals surface area contributed by atoms with Gasteiger partial charge in [-0.15, -0.1) is 11.3 Å². The summed E-state index contributed by atoms with van der Waals surface area (Å²) in [4.78, 5) is 49.0. The number of benzene rings is 2. The summed E-state index contributed by atoms with van der Waals surface area (Å²) in [6.45, 7) is 16.2. The van der Waals surface area contributed by atoms with Gasteiger partial charge in [0.1, 0.15) is 22.9 Å². The van der Waals surface area contributed by atoms with E-state index in [0.717, 1.165) is 36.5 Å². The number of thiazole rings is 1. The van der Waals surface area contributed by atoms with Crippen molar-refractivity contribution in [1.29, 1.82) is 0 Å². The number of hydrogen-bond donors (Lipinski definition) is 3. The van der Waals surface area contributed by atoms with Crippen LogP contribution in [-0.2, 0) is 38.4 Å². The number of phenolic OH excluding ortho intramolecular Hbond substituents is 1. The minimum atomic E-state index is -0.393. The second-order valence-corrected chi connectivity index (χ2v) is 17.5. The molecule has 0 saturated carbocycles. The zero-order chi connectivity index (χ0) is 42.1. The number of morpholine rings is 1. The van der Waals surface area contributed by atoms with Gasteiger partial charge >= 0.3 is 0 Å². The molecule has 2 saturated heterocycles. The van der Waals surface area contributed by atoms with E-state index < -0.39 is 5.60 Å². The lowest BCUT2D eigenvalue weighted by Gasteiger charge is -2.47. The third kappa shape index (κ3) is 11.4. The van der Waals surface area contributed by atoms with E-state index in [1.54, 1.807) is 18.2 Å². The molecule has 3 N–H and O–H groups in total. The number of ether oxygens (including phenoxy) is 3. The predicted molar refractivity (Wildman–Crippen MR) is 226 cm³/mol. The molecule has 1 aromatic heterocycles. The number of nitrogens with zero attached hydrogens (tertiary/aromatic N) is 4. The number of aromatic nitrogens is 1. The number of carbonyl (C=O) groups excluding carboxylic acids is 3. The summed E-state index contributed by atoms with van der Waals surface area (Å²) in [6.07, 6.45) is 2.80. The van der Waals surface area contributed by atoms with E-state index in [-0.39, 0.29) is 66.8 Å². The molecule has 2 aromatic carbocycles. The van der Waals surface area contributed by atoms with Crippen molar-refractivity contribution in [2.24, 2.45) is 5.92 Å². The summed E-state index contributed by atoms with van der Waals surface area (Å²) < 4.78 is 33.5. The highest BCUT2D eigenvalue weighted by molar-refractivity contribution is 7.09. The molecule has 0 bridgehead atoms. The average Bonchev–Trinajstić information content (AvgIpc) is 3.73. The number of amides is 3.